The lowest BCUT2D eigenvalue weighted by Crippen LogP contribution is -2.42. The fraction of sp³-hybridized carbons (Fsp3) is 1.00. The predicted molar refractivity (Wildman–Crippen MR) is 83.4 cm³/mol. The van der Waals surface area contributed by atoms with Gasteiger partial charge < -0.3 is 4.74 Å². The van der Waals surface area contributed by atoms with Gasteiger partial charge in [-0.25, -0.2) is 0 Å². The number of ether oxygens (including phenoxy) is 1. The second-order valence-corrected chi connectivity index (χ2v) is 6.28. The Morgan fingerprint density at radius 1 is 0.789 bits per heavy atom. The zero-order valence-electron chi connectivity index (χ0n) is 13.3. The van der Waals surface area contributed by atoms with Crippen molar-refractivity contribution >= 4 is 0 Å². The SMILES string of the molecule is CCCCCCCCCCC1(CCCC)COCN1. The van der Waals surface area contributed by atoms with Gasteiger partial charge in [0.25, 0.3) is 0 Å². The molecule has 1 fully saturated rings. The molecule has 2 nitrogen and oxygen atoms in total. The molecular formula is C17H35NO. The Bertz CT molecular complexity index is 199. The number of nitrogens with one attached hydrogen (secondary N) is 1. The minimum Gasteiger partial charge on any atom is -0.364 e. The van der Waals surface area contributed by atoms with E-state index in [0.717, 1.165) is 13.3 Å². The number of hydrogen-bond acceptors (Lipinski definition) is 2. The molecular weight excluding hydrogens is 234 g/mol. The van der Waals surface area contributed by atoms with Crippen LogP contribution in [-0.2, 0) is 4.74 Å². The largest absolute Gasteiger partial charge is 0.364 e. The van der Waals surface area contributed by atoms with Gasteiger partial charge in [0.1, 0.15) is 0 Å². The van der Waals surface area contributed by atoms with E-state index in [4.69, 9.17) is 4.74 Å². The first-order valence-electron chi connectivity index (χ1n) is 8.66. The second-order valence-electron chi connectivity index (χ2n) is 6.28. The fourth-order valence-corrected chi connectivity index (χ4v) is 3.06. The van der Waals surface area contributed by atoms with Crippen molar-refractivity contribution in [1.29, 1.82) is 0 Å². The monoisotopic (exact) mass is 269 g/mol. The molecule has 1 aliphatic heterocycles. The lowest BCUT2D eigenvalue weighted by atomic mass is 9.88. The first-order valence-corrected chi connectivity index (χ1v) is 8.66. The summed E-state index contributed by atoms with van der Waals surface area (Å²) in [4.78, 5) is 0. The van der Waals surface area contributed by atoms with Crippen LogP contribution >= 0.6 is 0 Å². The van der Waals surface area contributed by atoms with Crippen molar-refractivity contribution in [2.75, 3.05) is 13.3 Å². The first kappa shape index (κ1) is 17.0. The van der Waals surface area contributed by atoms with Crippen LogP contribution in [0.25, 0.3) is 0 Å². The van der Waals surface area contributed by atoms with Gasteiger partial charge in [-0.15, -0.1) is 0 Å². The van der Waals surface area contributed by atoms with E-state index in [-0.39, 0.29) is 0 Å². The second kappa shape index (κ2) is 10.7. The molecule has 0 spiro atoms. The average Bonchev–Trinajstić information content (AvgIpc) is 2.89. The van der Waals surface area contributed by atoms with Crippen LogP contribution in [-0.4, -0.2) is 18.9 Å². The maximum Gasteiger partial charge on any atom is 0.0971 e. The zero-order valence-corrected chi connectivity index (χ0v) is 13.3. The third-order valence-corrected chi connectivity index (χ3v) is 4.45. The van der Waals surface area contributed by atoms with Crippen molar-refractivity contribution in [1.82, 2.24) is 5.32 Å². The smallest absolute Gasteiger partial charge is 0.0971 e. The van der Waals surface area contributed by atoms with Crippen LogP contribution in [0.1, 0.15) is 90.9 Å². The van der Waals surface area contributed by atoms with Crippen molar-refractivity contribution in [3.63, 3.8) is 0 Å². The van der Waals surface area contributed by atoms with Gasteiger partial charge in [0.15, 0.2) is 0 Å². The first-order chi connectivity index (χ1) is 9.33. The molecule has 0 aromatic rings. The molecule has 0 bridgehead atoms. The molecule has 0 aromatic carbocycles. The van der Waals surface area contributed by atoms with Crippen LogP contribution in [0, 0.1) is 0 Å². The summed E-state index contributed by atoms with van der Waals surface area (Å²) in [5, 5.41) is 3.60. The summed E-state index contributed by atoms with van der Waals surface area (Å²) >= 11 is 0. The highest BCUT2D eigenvalue weighted by Crippen LogP contribution is 2.26. The van der Waals surface area contributed by atoms with Gasteiger partial charge in [0.2, 0.25) is 0 Å². The fourth-order valence-electron chi connectivity index (χ4n) is 3.06. The number of unbranched alkanes of at least 4 members (excludes halogenated alkanes) is 8. The minimum atomic E-state index is 0.318. The van der Waals surface area contributed by atoms with Crippen LogP contribution in [0.3, 0.4) is 0 Å². The van der Waals surface area contributed by atoms with Gasteiger partial charge in [-0.05, 0) is 12.8 Å². The van der Waals surface area contributed by atoms with Gasteiger partial charge in [-0.3, -0.25) is 5.32 Å². The Kier molecular flexibility index (Phi) is 9.54. The van der Waals surface area contributed by atoms with E-state index < -0.39 is 0 Å². The van der Waals surface area contributed by atoms with Gasteiger partial charge in [0.05, 0.1) is 13.3 Å². The summed E-state index contributed by atoms with van der Waals surface area (Å²) in [6.45, 7) is 6.26. The summed E-state index contributed by atoms with van der Waals surface area (Å²) in [6, 6.07) is 0. The molecule has 0 amide bonds. The molecule has 1 aliphatic rings. The molecule has 1 saturated heterocycles. The van der Waals surface area contributed by atoms with E-state index in [9.17, 15) is 0 Å². The Morgan fingerprint density at radius 2 is 1.37 bits per heavy atom. The topological polar surface area (TPSA) is 21.3 Å². The molecule has 114 valence electrons. The van der Waals surface area contributed by atoms with Crippen LogP contribution in [0.2, 0.25) is 0 Å². The zero-order chi connectivity index (χ0) is 13.8. The molecule has 1 atom stereocenters. The van der Waals surface area contributed by atoms with Crippen LogP contribution in [0.5, 0.6) is 0 Å². The van der Waals surface area contributed by atoms with E-state index in [1.165, 1.54) is 77.0 Å². The molecule has 0 radical (unpaired) electrons. The van der Waals surface area contributed by atoms with Crippen molar-refractivity contribution in [2.45, 2.75) is 96.4 Å². The van der Waals surface area contributed by atoms with Crippen LogP contribution in [0.15, 0.2) is 0 Å². The molecule has 1 N–H and O–H groups in total. The summed E-state index contributed by atoms with van der Waals surface area (Å²) in [5.74, 6) is 0. The maximum absolute atomic E-state index is 5.57. The molecule has 1 heterocycles. The van der Waals surface area contributed by atoms with Gasteiger partial charge >= 0.3 is 0 Å². The highest BCUT2D eigenvalue weighted by Gasteiger charge is 2.32. The van der Waals surface area contributed by atoms with Gasteiger partial charge in [-0.1, -0.05) is 78.1 Å². The van der Waals surface area contributed by atoms with E-state index in [0.29, 0.717) is 5.54 Å². The van der Waals surface area contributed by atoms with E-state index in [1.807, 2.05) is 0 Å². The molecule has 1 unspecified atom stereocenters. The average molecular weight is 269 g/mol. The third kappa shape index (κ3) is 7.31. The molecule has 19 heavy (non-hydrogen) atoms. The normalized spacial score (nSPS) is 23.1. The number of rotatable bonds is 12. The maximum atomic E-state index is 5.57. The molecule has 0 saturated carbocycles. The minimum absolute atomic E-state index is 0.318. The Labute approximate surface area is 120 Å². The molecule has 0 aliphatic carbocycles. The lowest BCUT2D eigenvalue weighted by molar-refractivity contribution is 0.169. The summed E-state index contributed by atoms with van der Waals surface area (Å²) in [6.07, 6.45) is 16.5. The quantitative estimate of drug-likeness (QED) is 0.502. The standard InChI is InChI=1S/C17H35NO/c1-3-5-7-8-9-10-11-12-14-17(13-6-4-2)15-19-16-18-17/h18H,3-16H2,1-2H3. The Hall–Kier alpha value is -0.0800. The highest BCUT2D eigenvalue weighted by atomic mass is 16.5. The van der Waals surface area contributed by atoms with Crippen LogP contribution in [0.4, 0.5) is 0 Å². The molecule has 2 heteroatoms. The third-order valence-electron chi connectivity index (χ3n) is 4.45. The van der Waals surface area contributed by atoms with Gasteiger partial charge in [-0.2, -0.15) is 0 Å². The summed E-state index contributed by atoms with van der Waals surface area (Å²) in [7, 11) is 0. The molecule has 1 rings (SSSR count). The Balaban J connectivity index is 2.02. The molecule has 0 aromatic heterocycles. The van der Waals surface area contributed by atoms with Crippen molar-refractivity contribution in [2.24, 2.45) is 0 Å². The summed E-state index contributed by atoms with van der Waals surface area (Å²) < 4.78 is 5.57. The predicted octanol–water partition coefficient (Wildman–Crippen LogP) is 5.02. The van der Waals surface area contributed by atoms with E-state index >= 15 is 0 Å². The lowest BCUT2D eigenvalue weighted by Gasteiger charge is -2.27. The summed E-state index contributed by atoms with van der Waals surface area (Å²) in [5.41, 5.74) is 0.318. The van der Waals surface area contributed by atoms with Crippen molar-refractivity contribution in [3.8, 4) is 0 Å². The Morgan fingerprint density at radius 3 is 1.95 bits per heavy atom. The van der Waals surface area contributed by atoms with Gasteiger partial charge in [0, 0.05) is 5.54 Å². The highest BCUT2D eigenvalue weighted by molar-refractivity contribution is 4.90. The van der Waals surface area contributed by atoms with E-state index in [2.05, 4.69) is 19.2 Å². The number of hydrogen-bond donors (Lipinski definition) is 1. The van der Waals surface area contributed by atoms with Crippen molar-refractivity contribution < 1.29 is 4.74 Å². The van der Waals surface area contributed by atoms with Crippen LogP contribution < -0.4 is 5.32 Å². The van der Waals surface area contributed by atoms with Crippen molar-refractivity contribution in [3.05, 3.63) is 0 Å². The van der Waals surface area contributed by atoms with E-state index in [1.54, 1.807) is 0 Å².